The van der Waals surface area contributed by atoms with Crippen molar-refractivity contribution in [3.8, 4) is 0 Å². The Kier molecular flexibility index (Phi) is 2.60. The van der Waals surface area contributed by atoms with Crippen LogP contribution in [0.1, 0.15) is 25.2 Å². The molecule has 2 N–H and O–H groups in total. The van der Waals surface area contributed by atoms with Crippen LogP contribution < -0.4 is 5.73 Å². The van der Waals surface area contributed by atoms with Crippen LogP contribution in [0.15, 0.2) is 42.6 Å². The Balaban J connectivity index is 2.47. The first-order valence-electron chi connectivity index (χ1n) is 5.25. The third-order valence-electron chi connectivity index (χ3n) is 2.73. The molecule has 3 heteroatoms. The van der Waals surface area contributed by atoms with Gasteiger partial charge < -0.3 is 5.73 Å². The molecule has 0 aliphatic carbocycles. The fraction of sp³-hybridized carbons (Fsp3) is 0.231. The van der Waals surface area contributed by atoms with Crippen LogP contribution in [0.4, 0.5) is 5.82 Å². The molecule has 1 heterocycles. The van der Waals surface area contributed by atoms with Crippen molar-refractivity contribution in [2.24, 2.45) is 0 Å². The van der Waals surface area contributed by atoms with Gasteiger partial charge in [-0.05, 0) is 25.5 Å². The van der Waals surface area contributed by atoms with E-state index in [2.05, 4.69) is 35.9 Å². The molecule has 0 saturated carbocycles. The van der Waals surface area contributed by atoms with Crippen molar-refractivity contribution in [1.29, 1.82) is 0 Å². The summed E-state index contributed by atoms with van der Waals surface area (Å²) in [4.78, 5) is 8.58. The quantitative estimate of drug-likeness (QED) is 0.833. The molecule has 0 amide bonds. The van der Waals surface area contributed by atoms with Crippen molar-refractivity contribution in [3.63, 3.8) is 0 Å². The smallest absolute Gasteiger partial charge is 0.140 e. The highest BCUT2D eigenvalue weighted by Gasteiger charge is 2.25. The van der Waals surface area contributed by atoms with Gasteiger partial charge in [0.05, 0.1) is 0 Å². The maximum Gasteiger partial charge on any atom is 0.140 e. The lowest BCUT2D eigenvalue weighted by atomic mass is 9.84. The minimum atomic E-state index is -0.226. The van der Waals surface area contributed by atoms with Crippen molar-refractivity contribution in [2.75, 3.05) is 5.73 Å². The number of nitrogens with zero attached hydrogens (tertiary/aromatic N) is 2. The Morgan fingerprint density at radius 2 is 1.75 bits per heavy atom. The standard InChI is InChI=1S/C13H15N3/c1-13(2,10-6-4-3-5-7-10)12-15-9-8-11(14)16-12/h3-9H,1-2H3,(H2,14,15,16). The molecule has 2 aromatic rings. The van der Waals surface area contributed by atoms with E-state index in [4.69, 9.17) is 5.73 Å². The van der Waals surface area contributed by atoms with E-state index in [1.807, 2.05) is 18.2 Å². The number of nitrogen functional groups attached to an aromatic ring is 1. The van der Waals surface area contributed by atoms with Crippen LogP contribution in [0.3, 0.4) is 0 Å². The molecule has 16 heavy (non-hydrogen) atoms. The number of nitrogens with two attached hydrogens (primary N) is 1. The van der Waals surface area contributed by atoms with Crippen LogP contribution in [0.25, 0.3) is 0 Å². The lowest BCUT2D eigenvalue weighted by Gasteiger charge is -2.23. The summed E-state index contributed by atoms with van der Waals surface area (Å²) in [5, 5.41) is 0. The molecule has 0 aliphatic heterocycles. The molecular formula is C13H15N3. The summed E-state index contributed by atoms with van der Waals surface area (Å²) in [7, 11) is 0. The Labute approximate surface area is 95.4 Å². The Bertz CT molecular complexity index is 478. The maximum atomic E-state index is 5.68. The number of hydrogen-bond acceptors (Lipinski definition) is 3. The molecule has 2 rings (SSSR count). The number of benzene rings is 1. The van der Waals surface area contributed by atoms with E-state index < -0.39 is 0 Å². The minimum Gasteiger partial charge on any atom is -0.384 e. The Morgan fingerprint density at radius 1 is 1.06 bits per heavy atom. The van der Waals surface area contributed by atoms with Gasteiger partial charge in [-0.25, -0.2) is 9.97 Å². The van der Waals surface area contributed by atoms with Gasteiger partial charge in [0.15, 0.2) is 0 Å². The molecule has 82 valence electrons. The molecule has 1 aromatic heterocycles. The van der Waals surface area contributed by atoms with Gasteiger partial charge in [0.2, 0.25) is 0 Å². The topological polar surface area (TPSA) is 51.8 Å². The zero-order valence-corrected chi connectivity index (χ0v) is 9.51. The monoisotopic (exact) mass is 213 g/mol. The van der Waals surface area contributed by atoms with E-state index in [1.165, 1.54) is 5.56 Å². The van der Waals surface area contributed by atoms with Gasteiger partial charge in [0, 0.05) is 11.6 Å². The Hall–Kier alpha value is -1.90. The van der Waals surface area contributed by atoms with Gasteiger partial charge in [-0.3, -0.25) is 0 Å². The first-order valence-corrected chi connectivity index (χ1v) is 5.25. The van der Waals surface area contributed by atoms with Gasteiger partial charge in [0.25, 0.3) is 0 Å². The largest absolute Gasteiger partial charge is 0.384 e. The van der Waals surface area contributed by atoms with Crippen LogP contribution in [-0.4, -0.2) is 9.97 Å². The molecule has 0 aliphatic rings. The average Bonchev–Trinajstić information content (AvgIpc) is 2.30. The third-order valence-corrected chi connectivity index (χ3v) is 2.73. The number of hydrogen-bond donors (Lipinski definition) is 1. The molecule has 0 bridgehead atoms. The van der Waals surface area contributed by atoms with Crippen molar-refractivity contribution in [1.82, 2.24) is 9.97 Å². The summed E-state index contributed by atoms with van der Waals surface area (Å²) in [6, 6.07) is 11.9. The molecular weight excluding hydrogens is 198 g/mol. The zero-order valence-electron chi connectivity index (χ0n) is 9.51. The summed E-state index contributed by atoms with van der Waals surface area (Å²) in [5.41, 5.74) is 6.64. The van der Waals surface area contributed by atoms with Gasteiger partial charge in [-0.1, -0.05) is 30.3 Å². The SMILES string of the molecule is CC(C)(c1ccccc1)c1nccc(N)n1. The van der Waals surface area contributed by atoms with E-state index in [9.17, 15) is 0 Å². The number of aromatic nitrogens is 2. The third kappa shape index (κ3) is 1.89. The van der Waals surface area contributed by atoms with Crippen molar-refractivity contribution in [3.05, 3.63) is 54.0 Å². The lowest BCUT2D eigenvalue weighted by Crippen LogP contribution is -2.22. The molecule has 0 unspecified atom stereocenters. The molecule has 0 fully saturated rings. The van der Waals surface area contributed by atoms with Crippen molar-refractivity contribution in [2.45, 2.75) is 19.3 Å². The summed E-state index contributed by atoms with van der Waals surface area (Å²) in [5.74, 6) is 1.26. The van der Waals surface area contributed by atoms with Crippen LogP contribution in [0.2, 0.25) is 0 Å². The maximum absolute atomic E-state index is 5.68. The van der Waals surface area contributed by atoms with Gasteiger partial charge in [-0.2, -0.15) is 0 Å². The number of anilines is 1. The van der Waals surface area contributed by atoms with E-state index in [0.717, 1.165) is 5.82 Å². The highest BCUT2D eigenvalue weighted by Crippen LogP contribution is 2.28. The van der Waals surface area contributed by atoms with Gasteiger partial charge in [-0.15, -0.1) is 0 Å². The van der Waals surface area contributed by atoms with Crippen LogP contribution in [-0.2, 0) is 5.41 Å². The second-order valence-electron chi connectivity index (χ2n) is 4.30. The van der Waals surface area contributed by atoms with Crippen molar-refractivity contribution < 1.29 is 0 Å². The fourth-order valence-electron chi connectivity index (χ4n) is 1.66. The zero-order chi connectivity index (χ0) is 11.6. The lowest BCUT2D eigenvalue weighted by molar-refractivity contribution is 0.591. The summed E-state index contributed by atoms with van der Waals surface area (Å²) >= 11 is 0. The van der Waals surface area contributed by atoms with Crippen LogP contribution in [0.5, 0.6) is 0 Å². The predicted molar refractivity (Wildman–Crippen MR) is 65.0 cm³/mol. The van der Waals surface area contributed by atoms with Crippen molar-refractivity contribution >= 4 is 5.82 Å². The highest BCUT2D eigenvalue weighted by atomic mass is 14.9. The predicted octanol–water partition coefficient (Wildman–Crippen LogP) is 2.38. The molecule has 0 saturated heterocycles. The molecule has 3 nitrogen and oxygen atoms in total. The van der Waals surface area contributed by atoms with E-state index in [-0.39, 0.29) is 5.41 Å². The average molecular weight is 213 g/mol. The van der Waals surface area contributed by atoms with Crippen LogP contribution >= 0.6 is 0 Å². The summed E-state index contributed by atoms with van der Waals surface area (Å²) in [6.07, 6.45) is 1.70. The van der Waals surface area contributed by atoms with Crippen LogP contribution in [0, 0.1) is 0 Å². The minimum absolute atomic E-state index is 0.226. The summed E-state index contributed by atoms with van der Waals surface area (Å²) in [6.45, 7) is 4.19. The molecule has 1 aromatic carbocycles. The van der Waals surface area contributed by atoms with E-state index in [1.54, 1.807) is 12.3 Å². The normalized spacial score (nSPS) is 11.4. The second-order valence-corrected chi connectivity index (χ2v) is 4.30. The van der Waals surface area contributed by atoms with Gasteiger partial charge in [0.1, 0.15) is 11.6 Å². The highest BCUT2D eigenvalue weighted by molar-refractivity contribution is 5.34. The fourth-order valence-corrected chi connectivity index (χ4v) is 1.66. The first-order chi connectivity index (χ1) is 7.60. The Morgan fingerprint density at radius 3 is 2.38 bits per heavy atom. The first kappa shape index (κ1) is 10.6. The molecule has 0 spiro atoms. The second kappa shape index (κ2) is 3.93. The van der Waals surface area contributed by atoms with E-state index in [0.29, 0.717) is 5.82 Å². The number of rotatable bonds is 2. The molecule has 0 atom stereocenters. The van der Waals surface area contributed by atoms with E-state index >= 15 is 0 Å². The van der Waals surface area contributed by atoms with Gasteiger partial charge >= 0.3 is 0 Å². The molecule has 0 radical (unpaired) electrons. The summed E-state index contributed by atoms with van der Waals surface area (Å²) < 4.78 is 0.